The fourth-order valence-corrected chi connectivity index (χ4v) is 6.79. The number of hydrogen-bond donors (Lipinski definition) is 0. The van der Waals surface area contributed by atoms with Crippen LogP contribution in [0.2, 0.25) is 0 Å². The van der Waals surface area contributed by atoms with E-state index in [0.717, 1.165) is 36.8 Å². The second-order valence-electron chi connectivity index (χ2n) is 13.1. The number of pyridine rings is 1. The molecular formula is C35H46N2O6. The second-order valence-corrected chi connectivity index (χ2v) is 13.1. The van der Waals surface area contributed by atoms with Crippen LogP contribution in [0.1, 0.15) is 99.9 Å². The zero-order chi connectivity index (χ0) is 30.7. The van der Waals surface area contributed by atoms with Gasteiger partial charge in [0.25, 0.3) is 0 Å². The Hall–Kier alpha value is -3.39. The number of rotatable bonds is 11. The summed E-state index contributed by atoms with van der Waals surface area (Å²) < 4.78 is 23.8. The summed E-state index contributed by atoms with van der Waals surface area (Å²) in [5, 5.41) is 0. The third kappa shape index (κ3) is 6.44. The summed E-state index contributed by atoms with van der Waals surface area (Å²) in [6, 6.07) is 8.90. The molecule has 232 valence electrons. The third-order valence-electron chi connectivity index (χ3n) is 9.15. The maximum absolute atomic E-state index is 13.9. The van der Waals surface area contributed by atoms with Gasteiger partial charge in [0.1, 0.15) is 12.6 Å². The number of methoxy groups -OCH3 is 1. The third-order valence-corrected chi connectivity index (χ3v) is 9.15. The van der Waals surface area contributed by atoms with Crippen LogP contribution in [-0.2, 0) is 25.6 Å². The van der Waals surface area contributed by atoms with Crippen molar-refractivity contribution >= 4 is 12.1 Å². The van der Waals surface area contributed by atoms with Gasteiger partial charge in [0.05, 0.1) is 32.5 Å². The lowest BCUT2D eigenvalue weighted by molar-refractivity contribution is -0.151. The van der Waals surface area contributed by atoms with Crippen molar-refractivity contribution in [1.82, 2.24) is 9.88 Å². The summed E-state index contributed by atoms with van der Waals surface area (Å²) in [5.41, 5.74) is 3.79. The van der Waals surface area contributed by atoms with E-state index in [2.05, 4.69) is 50.5 Å². The molecule has 2 heterocycles. The van der Waals surface area contributed by atoms with Crippen LogP contribution in [0.3, 0.4) is 0 Å². The van der Waals surface area contributed by atoms with E-state index in [-0.39, 0.29) is 19.8 Å². The van der Waals surface area contributed by atoms with E-state index in [1.54, 1.807) is 18.9 Å². The highest BCUT2D eigenvalue weighted by molar-refractivity contribution is 5.83. The lowest BCUT2D eigenvalue weighted by Gasteiger charge is -2.35. The maximum Gasteiger partial charge on any atom is 0.411 e. The van der Waals surface area contributed by atoms with E-state index in [0.29, 0.717) is 17.7 Å². The quantitative estimate of drug-likeness (QED) is 0.204. The minimum Gasteiger partial charge on any atom is -0.481 e. The smallest absolute Gasteiger partial charge is 0.411 e. The van der Waals surface area contributed by atoms with Crippen LogP contribution in [-0.4, -0.2) is 54.4 Å². The van der Waals surface area contributed by atoms with Gasteiger partial charge in [-0.15, -0.1) is 0 Å². The summed E-state index contributed by atoms with van der Waals surface area (Å²) in [6.07, 6.45) is 8.05. The molecule has 1 aliphatic heterocycles. The molecule has 0 N–H and O–H groups in total. The number of carbonyl (C=O) groups excluding carboxylic acids is 2. The van der Waals surface area contributed by atoms with Gasteiger partial charge in [0.15, 0.2) is 0 Å². The molecule has 8 nitrogen and oxygen atoms in total. The molecule has 1 aromatic carbocycles. The molecule has 0 radical (unpaired) electrons. The van der Waals surface area contributed by atoms with Crippen LogP contribution < -0.4 is 4.74 Å². The predicted molar refractivity (Wildman–Crippen MR) is 164 cm³/mol. The van der Waals surface area contributed by atoms with Crippen molar-refractivity contribution in [3.05, 3.63) is 71.4 Å². The van der Waals surface area contributed by atoms with Gasteiger partial charge < -0.3 is 18.9 Å². The first-order chi connectivity index (χ1) is 20.7. The van der Waals surface area contributed by atoms with E-state index >= 15 is 0 Å². The Bertz CT molecular complexity index is 1310. The monoisotopic (exact) mass is 590 g/mol. The number of likely N-dealkylation sites (tertiary alicyclic amines) is 1. The number of benzene rings is 1. The molecule has 1 aromatic heterocycles. The summed E-state index contributed by atoms with van der Waals surface area (Å²) in [6.45, 7) is 12.2. The maximum atomic E-state index is 13.9. The molecule has 3 aliphatic rings. The van der Waals surface area contributed by atoms with E-state index in [1.807, 2.05) is 18.3 Å². The average Bonchev–Trinajstić information content (AvgIpc) is 3.74. The van der Waals surface area contributed by atoms with Crippen molar-refractivity contribution in [1.29, 1.82) is 0 Å². The fraction of sp³-hybridized carbons (Fsp3) is 0.571. The van der Waals surface area contributed by atoms with E-state index in [4.69, 9.17) is 18.9 Å². The molecule has 0 spiro atoms. The Morgan fingerprint density at radius 3 is 2.37 bits per heavy atom. The van der Waals surface area contributed by atoms with Gasteiger partial charge in [-0.3, -0.25) is 4.90 Å². The molecule has 0 bridgehead atoms. The van der Waals surface area contributed by atoms with E-state index in [1.165, 1.54) is 23.6 Å². The lowest BCUT2D eigenvalue weighted by Crippen LogP contribution is -2.48. The van der Waals surface area contributed by atoms with Gasteiger partial charge in [-0.05, 0) is 72.6 Å². The summed E-state index contributed by atoms with van der Waals surface area (Å²) in [4.78, 5) is 33.9. The van der Waals surface area contributed by atoms with Crippen LogP contribution >= 0.6 is 0 Å². The van der Waals surface area contributed by atoms with Crippen molar-refractivity contribution in [2.45, 2.75) is 96.4 Å². The minimum atomic E-state index is -0.902. The average molecular weight is 591 g/mol. The van der Waals surface area contributed by atoms with Gasteiger partial charge in [-0.25, -0.2) is 14.6 Å². The van der Waals surface area contributed by atoms with Gasteiger partial charge >= 0.3 is 12.1 Å². The van der Waals surface area contributed by atoms with Gasteiger partial charge in [-0.2, -0.15) is 0 Å². The molecule has 3 fully saturated rings. The molecular weight excluding hydrogens is 544 g/mol. The summed E-state index contributed by atoms with van der Waals surface area (Å²) in [7, 11) is 1.62. The van der Waals surface area contributed by atoms with Crippen molar-refractivity contribution in [2.24, 2.45) is 11.3 Å². The van der Waals surface area contributed by atoms with Crippen LogP contribution in [0.5, 0.6) is 5.88 Å². The minimum absolute atomic E-state index is 0.0321. The van der Waals surface area contributed by atoms with E-state index < -0.39 is 41.6 Å². The summed E-state index contributed by atoms with van der Waals surface area (Å²) in [5.74, 6) is 0.596. The number of esters is 1. The first-order valence-corrected chi connectivity index (χ1v) is 15.6. The largest absolute Gasteiger partial charge is 0.481 e. The van der Waals surface area contributed by atoms with Crippen LogP contribution in [0, 0.1) is 11.3 Å². The SMILES string of the molecule is C=CCOC(=O)N1[C@H](C(=O)OCC)[C@@H](C(C)(C)C)[C@H](OCc2cc(C3CCC3)cnc2OC)[C@@H]1c1ccccc1C1CC1. The first-order valence-electron chi connectivity index (χ1n) is 15.6. The van der Waals surface area contributed by atoms with Gasteiger partial charge in [0, 0.05) is 17.7 Å². The number of aromatic nitrogens is 1. The van der Waals surface area contributed by atoms with Crippen molar-refractivity contribution < 1.29 is 28.5 Å². The molecule has 2 saturated carbocycles. The predicted octanol–water partition coefficient (Wildman–Crippen LogP) is 7.09. The lowest BCUT2D eigenvalue weighted by atomic mass is 9.73. The van der Waals surface area contributed by atoms with Crippen molar-refractivity contribution in [2.75, 3.05) is 20.3 Å². The highest BCUT2D eigenvalue weighted by Gasteiger charge is 2.60. The normalized spacial score (nSPS) is 23.9. The van der Waals surface area contributed by atoms with Crippen molar-refractivity contribution in [3.63, 3.8) is 0 Å². The number of ether oxygens (including phenoxy) is 4. The number of carbonyl (C=O) groups is 2. The number of nitrogens with zero attached hydrogens (tertiary/aromatic N) is 2. The Morgan fingerprint density at radius 1 is 1.07 bits per heavy atom. The van der Waals surface area contributed by atoms with Gasteiger partial charge in [-0.1, -0.05) is 64.1 Å². The summed E-state index contributed by atoms with van der Waals surface area (Å²) >= 11 is 0. The first kappa shape index (κ1) is 31.0. The zero-order valence-electron chi connectivity index (χ0n) is 26.2. The highest BCUT2D eigenvalue weighted by Crippen LogP contribution is 2.53. The molecule has 0 unspecified atom stereocenters. The zero-order valence-corrected chi connectivity index (χ0v) is 26.2. The molecule has 43 heavy (non-hydrogen) atoms. The Labute approximate surface area is 255 Å². The Balaban J connectivity index is 1.62. The standard InChI is InChI=1S/C35H46N2O6/c1-7-18-42-34(39)37-29(27-15-10-9-14-26(27)23-16-17-23)31(28(35(3,4)5)30(37)33(38)41-8-2)43-21-25-19-24(22-12-11-13-22)20-36-32(25)40-6/h7,9-10,14-15,19-20,22-23,28-31H,1,8,11-13,16-18,21H2,2-6H3/t28-,29+,30+,31+/m1/s1. The van der Waals surface area contributed by atoms with E-state index in [9.17, 15) is 9.59 Å². The molecule has 2 aromatic rings. The van der Waals surface area contributed by atoms with Crippen LogP contribution in [0.15, 0.2) is 49.2 Å². The number of hydrogen-bond acceptors (Lipinski definition) is 7. The van der Waals surface area contributed by atoms with Crippen LogP contribution in [0.25, 0.3) is 0 Å². The molecule has 1 saturated heterocycles. The van der Waals surface area contributed by atoms with Crippen LogP contribution in [0.4, 0.5) is 4.79 Å². The van der Waals surface area contributed by atoms with Gasteiger partial charge in [0.2, 0.25) is 5.88 Å². The topological polar surface area (TPSA) is 87.2 Å². The highest BCUT2D eigenvalue weighted by atomic mass is 16.6. The molecule has 2 aliphatic carbocycles. The molecule has 4 atom stereocenters. The molecule has 1 amide bonds. The molecule has 5 rings (SSSR count). The fourth-order valence-electron chi connectivity index (χ4n) is 6.79. The molecule has 8 heteroatoms. The Morgan fingerprint density at radius 2 is 1.79 bits per heavy atom. The second kappa shape index (κ2) is 13.1. The number of amides is 1. The van der Waals surface area contributed by atoms with Crippen molar-refractivity contribution in [3.8, 4) is 5.88 Å². The Kier molecular flexibility index (Phi) is 9.45.